The topological polar surface area (TPSA) is 62.2 Å². The molecule has 0 spiro atoms. The van der Waals surface area contributed by atoms with E-state index in [9.17, 15) is 18.0 Å². The number of anilines is 1. The number of carboxylic acid groups (broad SMARTS) is 1. The first kappa shape index (κ1) is 13.3. The van der Waals surface area contributed by atoms with Gasteiger partial charge in [-0.2, -0.15) is 13.2 Å². The van der Waals surface area contributed by atoms with Gasteiger partial charge in [-0.1, -0.05) is 0 Å². The fourth-order valence-corrected chi connectivity index (χ4v) is 2.16. The highest BCUT2D eigenvalue weighted by molar-refractivity contribution is 7.13. The van der Waals surface area contributed by atoms with Crippen molar-refractivity contribution in [3.8, 4) is 10.6 Å². The van der Waals surface area contributed by atoms with Gasteiger partial charge in [0.05, 0.1) is 11.3 Å². The van der Waals surface area contributed by atoms with Crippen LogP contribution in [-0.4, -0.2) is 16.2 Å². The Hall–Kier alpha value is -2.09. The van der Waals surface area contributed by atoms with Crippen LogP contribution in [0.15, 0.2) is 29.8 Å². The summed E-state index contributed by atoms with van der Waals surface area (Å²) >= 11 is 1.21. The van der Waals surface area contributed by atoms with E-state index in [1.807, 2.05) is 5.32 Å². The average Bonchev–Trinajstić information content (AvgIpc) is 2.80. The third kappa shape index (κ3) is 3.02. The van der Waals surface area contributed by atoms with Crippen LogP contribution in [0.25, 0.3) is 10.6 Å². The highest BCUT2D eigenvalue weighted by atomic mass is 32.1. The monoisotopic (exact) mass is 288 g/mol. The molecule has 1 heterocycles. The van der Waals surface area contributed by atoms with Gasteiger partial charge in [-0.25, -0.2) is 9.78 Å². The van der Waals surface area contributed by atoms with Gasteiger partial charge in [-0.3, -0.25) is 5.32 Å². The summed E-state index contributed by atoms with van der Waals surface area (Å²) in [6.45, 7) is 0. The molecule has 0 radical (unpaired) electrons. The van der Waals surface area contributed by atoms with Crippen molar-refractivity contribution >= 4 is 23.1 Å². The fourth-order valence-electron chi connectivity index (χ4n) is 1.48. The molecule has 19 heavy (non-hydrogen) atoms. The molecule has 0 fully saturated rings. The summed E-state index contributed by atoms with van der Waals surface area (Å²) < 4.78 is 37.8. The van der Waals surface area contributed by atoms with E-state index in [0.29, 0.717) is 10.6 Å². The number of amides is 1. The van der Waals surface area contributed by atoms with Crippen molar-refractivity contribution in [3.05, 3.63) is 35.3 Å². The number of nitrogens with zero attached hydrogens (tertiary/aromatic N) is 1. The van der Waals surface area contributed by atoms with Crippen LogP contribution >= 0.6 is 11.3 Å². The van der Waals surface area contributed by atoms with E-state index < -0.39 is 17.8 Å². The van der Waals surface area contributed by atoms with Gasteiger partial charge in [0.1, 0.15) is 5.01 Å². The molecule has 2 N–H and O–H groups in total. The molecule has 2 rings (SSSR count). The number of hydrogen-bond acceptors (Lipinski definition) is 3. The molecule has 100 valence electrons. The van der Waals surface area contributed by atoms with Crippen molar-refractivity contribution in [2.75, 3.05) is 5.32 Å². The molecule has 0 aliphatic heterocycles. The van der Waals surface area contributed by atoms with Gasteiger partial charge in [0, 0.05) is 17.1 Å². The average molecular weight is 288 g/mol. The molecule has 0 aliphatic carbocycles. The number of thiazole rings is 1. The second kappa shape index (κ2) is 4.88. The molecule has 0 saturated carbocycles. The van der Waals surface area contributed by atoms with Gasteiger partial charge in [0.2, 0.25) is 0 Å². The van der Waals surface area contributed by atoms with Crippen LogP contribution in [0.3, 0.4) is 0 Å². The van der Waals surface area contributed by atoms with Crippen LogP contribution in [0.2, 0.25) is 0 Å². The van der Waals surface area contributed by atoms with Crippen molar-refractivity contribution in [3.63, 3.8) is 0 Å². The van der Waals surface area contributed by atoms with Crippen molar-refractivity contribution in [2.24, 2.45) is 0 Å². The number of rotatable bonds is 2. The Labute approximate surface area is 109 Å². The van der Waals surface area contributed by atoms with Crippen LogP contribution < -0.4 is 5.32 Å². The molecule has 8 heteroatoms. The van der Waals surface area contributed by atoms with E-state index in [2.05, 4.69) is 4.98 Å². The Morgan fingerprint density at radius 1 is 1.37 bits per heavy atom. The molecular formula is C11H7F3N2O2S. The lowest BCUT2D eigenvalue weighted by Gasteiger charge is -2.12. The maximum atomic E-state index is 12.6. The van der Waals surface area contributed by atoms with Gasteiger partial charge >= 0.3 is 12.3 Å². The Morgan fingerprint density at radius 3 is 2.63 bits per heavy atom. The number of alkyl halides is 3. The SMILES string of the molecule is O=C(O)Nc1cc(C(F)(F)F)ccc1-c1nccs1. The van der Waals surface area contributed by atoms with Gasteiger partial charge in [0.25, 0.3) is 0 Å². The van der Waals surface area contributed by atoms with E-state index >= 15 is 0 Å². The van der Waals surface area contributed by atoms with Gasteiger partial charge < -0.3 is 5.11 Å². The lowest BCUT2D eigenvalue weighted by Crippen LogP contribution is -2.11. The zero-order chi connectivity index (χ0) is 14.0. The predicted molar refractivity (Wildman–Crippen MR) is 64.2 cm³/mol. The molecule has 0 bridgehead atoms. The third-order valence-corrected chi connectivity index (χ3v) is 3.06. The summed E-state index contributed by atoms with van der Waals surface area (Å²) in [6, 6.07) is 2.85. The first-order valence-electron chi connectivity index (χ1n) is 4.99. The summed E-state index contributed by atoms with van der Waals surface area (Å²) in [6.07, 6.45) is -4.48. The van der Waals surface area contributed by atoms with Crippen molar-refractivity contribution in [1.82, 2.24) is 4.98 Å². The summed E-state index contributed by atoms with van der Waals surface area (Å²) in [5.74, 6) is 0. The maximum Gasteiger partial charge on any atom is 0.416 e. The molecule has 1 aromatic carbocycles. The van der Waals surface area contributed by atoms with E-state index in [1.54, 1.807) is 5.38 Å². The Morgan fingerprint density at radius 2 is 2.11 bits per heavy atom. The quantitative estimate of drug-likeness (QED) is 0.880. The number of carbonyl (C=O) groups is 1. The molecule has 2 aromatic rings. The van der Waals surface area contributed by atoms with Crippen LogP contribution in [0, 0.1) is 0 Å². The third-order valence-electron chi connectivity index (χ3n) is 2.25. The van der Waals surface area contributed by atoms with Gasteiger partial charge in [-0.15, -0.1) is 11.3 Å². The minimum atomic E-state index is -4.53. The Bertz CT molecular complexity index is 596. The van der Waals surface area contributed by atoms with E-state index in [4.69, 9.17) is 5.11 Å². The van der Waals surface area contributed by atoms with Crippen molar-refractivity contribution < 1.29 is 23.1 Å². The summed E-state index contributed by atoms with van der Waals surface area (Å²) in [4.78, 5) is 14.6. The second-order valence-electron chi connectivity index (χ2n) is 3.53. The largest absolute Gasteiger partial charge is 0.465 e. The molecule has 0 aliphatic rings. The standard InChI is InChI=1S/C11H7F3N2O2S/c12-11(13,14)6-1-2-7(9-15-3-4-19-9)8(5-6)16-10(17)18/h1-5,16H,(H,17,18). The summed E-state index contributed by atoms with van der Waals surface area (Å²) in [5.41, 5.74) is -0.751. The number of benzene rings is 1. The highest BCUT2D eigenvalue weighted by Crippen LogP contribution is 2.36. The molecule has 1 aromatic heterocycles. The molecule has 0 atom stereocenters. The van der Waals surface area contributed by atoms with Crippen molar-refractivity contribution in [2.45, 2.75) is 6.18 Å². The molecular weight excluding hydrogens is 281 g/mol. The highest BCUT2D eigenvalue weighted by Gasteiger charge is 2.31. The number of hydrogen-bond donors (Lipinski definition) is 2. The lowest BCUT2D eigenvalue weighted by atomic mass is 10.1. The molecule has 1 amide bonds. The normalized spacial score (nSPS) is 11.3. The summed E-state index contributed by atoms with van der Waals surface area (Å²) in [7, 11) is 0. The van der Waals surface area contributed by atoms with Gasteiger partial charge in [-0.05, 0) is 18.2 Å². The molecule has 0 saturated heterocycles. The van der Waals surface area contributed by atoms with E-state index in [-0.39, 0.29) is 5.69 Å². The lowest BCUT2D eigenvalue weighted by molar-refractivity contribution is -0.137. The zero-order valence-corrected chi connectivity index (χ0v) is 10.0. The minimum absolute atomic E-state index is 0.141. The smallest absolute Gasteiger partial charge is 0.416 e. The van der Waals surface area contributed by atoms with Crippen LogP contribution in [0.1, 0.15) is 5.56 Å². The van der Waals surface area contributed by atoms with E-state index in [1.165, 1.54) is 23.6 Å². The molecule has 4 nitrogen and oxygen atoms in total. The Balaban J connectivity index is 2.52. The minimum Gasteiger partial charge on any atom is -0.465 e. The number of halogens is 3. The Kier molecular flexibility index (Phi) is 3.43. The van der Waals surface area contributed by atoms with Gasteiger partial charge in [0.15, 0.2) is 0 Å². The van der Waals surface area contributed by atoms with E-state index in [0.717, 1.165) is 12.1 Å². The second-order valence-corrected chi connectivity index (χ2v) is 4.42. The number of aromatic nitrogens is 1. The molecule has 0 unspecified atom stereocenters. The van der Waals surface area contributed by atoms with Crippen LogP contribution in [0.4, 0.5) is 23.7 Å². The maximum absolute atomic E-state index is 12.6. The fraction of sp³-hybridized carbons (Fsp3) is 0.0909. The first-order chi connectivity index (χ1) is 8.88. The zero-order valence-electron chi connectivity index (χ0n) is 9.23. The van der Waals surface area contributed by atoms with Crippen LogP contribution in [0.5, 0.6) is 0 Å². The number of nitrogens with one attached hydrogen (secondary N) is 1. The predicted octanol–water partition coefficient (Wildman–Crippen LogP) is 3.92. The van der Waals surface area contributed by atoms with Crippen LogP contribution in [-0.2, 0) is 6.18 Å². The first-order valence-corrected chi connectivity index (χ1v) is 5.87. The summed E-state index contributed by atoms with van der Waals surface area (Å²) in [5, 5.41) is 12.7. The van der Waals surface area contributed by atoms with Crippen molar-refractivity contribution in [1.29, 1.82) is 0 Å².